The molecule has 0 saturated carbocycles. The minimum absolute atomic E-state index is 0.558. The Bertz CT molecular complexity index is 1090. The normalized spacial score (nSPS) is 15.5. The molecule has 2 aromatic rings. The van der Waals surface area contributed by atoms with E-state index in [1.807, 2.05) is 24.3 Å². The molecule has 2 heterocycles. The van der Waals surface area contributed by atoms with Crippen LogP contribution in [0.4, 0.5) is 5.69 Å². The number of hydrogen-bond acceptors (Lipinski definition) is 5. The van der Waals surface area contributed by atoms with E-state index in [1.54, 1.807) is 0 Å². The summed E-state index contributed by atoms with van der Waals surface area (Å²) in [4.78, 5) is 26.5. The molecule has 0 unspecified atom stereocenters. The molecule has 1 saturated heterocycles. The maximum absolute atomic E-state index is 9.55. The summed E-state index contributed by atoms with van der Waals surface area (Å²) in [5.74, 6) is -1.50. The highest BCUT2D eigenvalue weighted by Crippen LogP contribution is 2.32. The molecule has 0 atom stereocenters. The number of piperazine rings is 1. The Kier molecular flexibility index (Phi) is 8.65. The van der Waals surface area contributed by atoms with Crippen molar-refractivity contribution in [3.8, 4) is 0 Å². The van der Waals surface area contributed by atoms with Crippen molar-refractivity contribution in [1.82, 2.24) is 10.2 Å². The fraction of sp³-hybridized carbons (Fsp3) is 0.208. The summed E-state index contributed by atoms with van der Waals surface area (Å²) in [5.41, 5.74) is 4.45. The lowest BCUT2D eigenvalue weighted by Crippen LogP contribution is -2.46. The number of aliphatic carboxylic acids is 2. The standard InChI is InChI=1S/C20H19Cl2N3.C4H4O4/c21-16-5-1-14(2-6-16)18-8-4-15-3-7-17(22)13-19(15)24-20(18)25-11-9-23-10-12-25;5-3(6)1-2-4(7)8/h1-3,5-8,13,23H,4,9-12H2;1-2H,(H,5,6)(H,7,8)/b;2-1+. The van der Waals surface area contributed by atoms with Crippen LogP contribution < -0.4 is 5.32 Å². The van der Waals surface area contributed by atoms with Gasteiger partial charge in [-0.25, -0.2) is 14.6 Å². The summed E-state index contributed by atoms with van der Waals surface area (Å²) >= 11 is 12.3. The number of aliphatic imine (C=N–C) groups is 1. The van der Waals surface area contributed by atoms with Gasteiger partial charge in [-0.1, -0.05) is 47.5 Å². The number of carboxylic acid groups (broad SMARTS) is 2. The fourth-order valence-corrected chi connectivity index (χ4v) is 3.72. The first-order valence-corrected chi connectivity index (χ1v) is 11.0. The van der Waals surface area contributed by atoms with Gasteiger partial charge in [-0.05, 0) is 41.8 Å². The molecule has 2 aliphatic rings. The molecule has 0 aliphatic carbocycles. The van der Waals surface area contributed by atoms with Gasteiger partial charge in [-0.3, -0.25) is 0 Å². The number of fused-ring (bicyclic) bond motifs is 1. The van der Waals surface area contributed by atoms with Crippen molar-refractivity contribution in [3.05, 3.63) is 81.9 Å². The van der Waals surface area contributed by atoms with E-state index in [-0.39, 0.29) is 0 Å². The van der Waals surface area contributed by atoms with E-state index < -0.39 is 11.9 Å². The van der Waals surface area contributed by atoms with Gasteiger partial charge in [0.05, 0.1) is 5.69 Å². The molecule has 0 aromatic heterocycles. The monoisotopic (exact) mass is 487 g/mol. The summed E-state index contributed by atoms with van der Waals surface area (Å²) < 4.78 is 0. The number of carbonyl (C=O) groups is 2. The zero-order chi connectivity index (χ0) is 23.8. The average Bonchev–Trinajstić information content (AvgIpc) is 2.99. The van der Waals surface area contributed by atoms with Gasteiger partial charge >= 0.3 is 11.9 Å². The first-order valence-electron chi connectivity index (χ1n) is 10.3. The highest BCUT2D eigenvalue weighted by molar-refractivity contribution is 6.31. The molecule has 4 rings (SSSR count). The second-order valence-electron chi connectivity index (χ2n) is 7.28. The number of benzene rings is 2. The van der Waals surface area contributed by atoms with Crippen LogP contribution in [0.25, 0.3) is 5.57 Å². The van der Waals surface area contributed by atoms with E-state index in [0.717, 1.165) is 65.3 Å². The minimum atomic E-state index is -1.26. The summed E-state index contributed by atoms with van der Waals surface area (Å²) in [6.45, 7) is 3.82. The lowest BCUT2D eigenvalue weighted by Gasteiger charge is -2.31. The van der Waals surface area contributed by atoms with Crippen LogP contribution in [-0.2, 0) is 16.0 Å². The molecule has 0 spiro atoms. The predicted molar refractivity (Wildman–Crippen MR) is 131 cm³/mol. The number of carboxylic acids is 2. The molecule has 2 aliphatic heterocycles. The number of amidine groups is 1. The van der Waals surface area contributed by atoms with Crippen LogP contribution in [0.3, 0.4) is 0 Å². The van der Waals surface area contributed by atoms with E-state index in [9.17, 15) is 9.59 Å². The second-order valence-corrected chi connectivity index (χ2v) is 8.16. The van der Waals surface area contributed by atoms with Gasteiger partial charge in [-0.15, -0.1) is 0 Å². The van der Waals surface area contributed by atoms with E-state index in [0.29, 0.717) is 12.2 Å². The minimum Gasteiger partial charge on any atom is -0.478 e. The van der Waals surface area contributed by atoms with Crippen LogP contribution in [-0.4, -0.2) is 59.1 Å². The maximum Gasteiger partial charge on any atom is 0.328 e. The molecule has 7 nitrogen and oxygen atoms in total. The van der Waals surface area contributed by atoms with E-state index >= 15 is 0 Å². The molecule has 33 heavy (non-hydrogen) atoms. The molecule has 9 heteroatoms. The molecule has 0 amide bonds. The number of hydrogen-bond donors (Lipinski definition) is 3. The molecule has 3 N–H and O–H groups in total. The number of halogens is 2. The van der Waals surface area contributed by atoms with Crippen molar-refractivity contribution in [2.24, 2.45) is 4.99 Å². The zero-order valence-electron chi connectivity index (χ0n) is 17.7. The van der Waals surface area contributed by atoms with Crippen LogP contribution in [0.15, 0.2) is 65.7 Å². The molecular weight excluding hydrogens is 465 g/mol. The summed E-state index contributed by atoms with van der Waals surface area (Å²) in [6.07, 6.45) is 4.22. The van der Waals surface area contributed by atoms with Crippen molar-refractivity contribution in [2.45, 2.75) is 6.42 Å². The number of nitrogens with zero attached hydrogens (tertiary/aromatic N) is 2. The zero-order valence-corrected chi connectivity index (χ0v) is 19.2. The highest BCUT2D eigenvalue weighted by Gasteiger charge is 2.22. The average molecular weight is 488 g/mol. The molecule has 0 bridgehead atoms. The lowest BCUT2D eigenvalue weighted by atomic mass is 10.0. The number of nitrogens with one attached hydrogen (secondary N) is 1. The number of allylic oxidation sites excluding steroid dienone is 1. The Morgan fingerprint density at radius 2 is 1.55 bits per heavy atom. The predicted octanol–water partition coefficient (Wildman–Crippen LogP) is 4.28. The smallest absolute Gasteiger partial charge is 0.328 e. The van der Waals surface area contributed by atoms with Crippen molar-refractivity contribution < 1.29 is 19.8 Å². The first kappa shape index (κ1) is 24.5. The second kappa shape index (κ2) is 11.7. The third kappa shape index (κ3) is 7.18. The van der Waals surface area contributed by atoms with Crippen LogP contribution in [0.5, 0.6) is 0 Å². The highest BCUT2D eigenvalue weighted by atomic mass is 35.5. The van der Waals surface area contributed by atoms with Gasteiger partial charge < -0.3 is 20.4 Å². The van der Waals surface area contributed by atoms with Gasteiger partial charge in [0.1, 0.15) is 5.84 Å². The molecule has 1 fully saturated rings. The fourth-order valence-electron chi connectivity index (χ4n) is 3.43. The molecule has 172 valence electrons. The van der Waals surface area contributed by atoms with Crippen LogP contribution in [0.1, 0.15) is 11.1 Å². The van der Waals surface area contributed by atoms with Gasteiger partial charge in [0, 0.05) is 53.9 Å². The van der Waals surface area contributed by atoms with Crippen LogP contribution >= 0.6 is 23.2 Å². The van der Waals surface area contributed by atoms with E-state index in [2.05, 4.69) is 34.5 Å². The van der Waals surface area contributed by atoms with Crippen LogP contribution in [0, 0.1) is 0 Å². The third-order valence-corrected chi connectivity index (χ3v) is 5.47. The van der Waals surface area contributed by atoms with Crippen molar-refractivity contribution in [1.29, 1.82) is 0 Å². The number of rotatable bonds is 3. The Morgan fingerprint density at radius 3 is 2.15 bits per heavy atom. The van der Waals surface area contributed by atoms with Crippen molar-refractivity contribution in [2.75, 3.05) is 26.2 Å². The van der Waals surface area contributed by atoms with Gasteiger partial charge in [0.15, 0.2) is 0 Å². The maximum atomic E-state index is 9.55. The third-order valence-electron chi connectivity index (χ3n) is 4.98. The Hall–Kier alpha value is -3.13. The summed E-state index contributed by atoms with van der Waals surface area (Å²) in [5, 5.41) is 20.5. The molecule has 0 radical (unpaired) electrons. The van der Waals surface area contributed by atoms with Gasteiger partial charge in [-0.2, -0.15) is 0 Å². The van der Waals surface area contributed by atoms with Gasteiger partial charge in [0.2, 0.25) is 0 Å². The SMILES string of the molecule is Clc1ccc(C2=CCc3ccc(Cl)cc3N=C2N2CCNCC2)cc1.O=C(O)/C=C/C(=O)O. The Morgan fingerprint density at radius 1 is 0.939 bits per heavy atom. The Balaban J connectivity index is 0.000000331. The van der Waals surface area contributed by atoms with E-state index in [4.69, 9.17) is 38.4 Å². The summed E-state index contributed by atoms with van der Waals surface area (Å²) in [6, 6.07) is 13.9. The summed E-state index contributed by atoms with van der Waals surface area (Å²) in [7, 11) is 0. The first-order chi connectivity index (χ1) is 15.8. The quantitative estimate of drug-likeness (QED) is 0.558. The topological polar surface area (TPSA) is 102 Å². The van der Waals surface area contributed by atoms with Crippen molar-refractivity contribution in [3.63, 3.8) is 0 Å². The van der Waals surface area contributed by atoms with E-state index in [1.165, 1.54) is 5.56 Å². The molecule has 2 aromatic carbocycles. The lowest BCUT2D eigenvalue weighted by molar-refractivity contribution is -0.134. The molecular formula is C24H23Cl2N3O4. The van der Waals surface area contributed by atoms with Crippen LogP contribution in [0.2, 0.25) is 10.0 Å². The largest absolute Gasteiger partial charge is 0.478 e. The Labute approximate surface area is 201 Å². The van der Waals surface area contributed by atoms with Gasteiger partial charge in [0.25, 0.3) is 0 Å². The van der Waals surface area contributed by atoms with Crippen molar-refractivity contribution >= 4 is 52.2 Å².